The summed E-state index contributed by atoms with van der Waals surface area (Å²) in [5, 5.41) is 16.6. The molecule has 4 N–H and O–H groups in total. The van der Waals surface area contributed by atoms with Gasteiger partial charge in [0.15, 0.2) is 0 Å². The molecule has 2 aromatic heterocycles. The smallest absolute Gasteiger partial charge is 0.263 e. The minimum atomic E-state index is -0.302. The number of nitrogens with two attached hydrogens (primary N) is 1. The Labute approximate surface area is 206 Å². The largest absolute Gasteiger partial charge is 0.396 e. The summed E-state index contributed by atoms with van der Waals surface area (Å²) in [5.41, 5.74) is 10.4. The molecule has 6 rings (SSSR count). The lowest BCUT2D eigenvalue weighted by Gasteiger charge is -2.36. The lowest BCUT2D eigenvalue weighted by Crippen LogP contribution is -2.51. The number of carbonyl (C=O) groups excluding carboxylic acids is 1. The number of thiophene rings is 1. The van der Waals surface area contributed by atoms with Crippen molar-refractivity contribution >= 4 is 39.0 Å². The predicted octanol–water partition coefficient (Wildman–Crippen LogP) is 2.82. The standard InChI is InChI=1S/C25H26FN7OS/c1-12-9-29-22-21(28)23(35-25(22)30-12)24(34)32-13-4-5-16-17(6-13)19(26)7-20(18(16)8-27)33-10-14-2-3-15(11-33)31-14/h7,9,13-15,31H,2-6,10-11,28H2,1H3,(H,32,34). The van der Waals surface area contributed by atoms with E-state index in [-0.39, 0.29) is 17.8 Å². The number of hydrogen-bond donors (Lipinski definition) is 3. The number of amides is 1. The fraction of sp³-hybridized carbons (Fsp3) is 0.440. The summed E-state index contributed by atoms with van der Waals surface area (Å²) >= 11 is 1.21. The zero-order valence-electron chi connectivity index (χ0n) is 19.4. The molecule has 1 aliphatic carbocycles. The molecule has 2 aliphatic heterocycles. The van der Waals surface area contributed by atoms with Crippen LogP contribution in [0.4, 0.5) is 15.8 Å². The zero-order chi connectivity index (χ0) is 24.3. The van der Waals surface area contributed by atoms with Gasteiger partial charge in [0.2, 0.25) is 0 Å². The summed E-state index contributed by atoms with van der Waals surface area (Å²) in [5.74, 6) is -0.601. The molecule has 180 valence electrons. The Hall–Kier alpha value is -3.29. The van der Waals surface area contributed by atoms with Crippen LogP contribution in [0.1, 0.15) is 51.3 Å². The summed E-state index contributed by atoms with van der Waals surface area (Å²) in [6.07, 6.45) is 5.37. The first-order valence-electron chi connectivity index (χ1n) is 12.0. The van der Waals surface area contributed by atoms with E-state index in [0.717, 1.165) is 37.2 Å². The highest BCUT2D eigenvalue weighted by Crippen LogP contribution is 2.36. The van der Waals surface area contributed by atoms with Gasteiger partial charge in [0.25, 0.3) is 5.91 Å². The molecule has 3 unspecified atom stereocenters. The van der Waals surface area contributed by atoms with Gasteiger partial charge in [-0.2, -0.15) is 5.26 Å². The predicted molar refractivity (Wildman–Crippen MR) is 133 cm³/mol. The number of piperazine rings is 1. The van der Waals surface area contributed by atoms with Crippen molar-refractivity contribution in [2.45, 2.75) is 57.2 Å². The Bertz CT molecular complexity index is 1380. The van der Waals surface area contributed by atoms with Crippen molar-refractivity contribution in [2.75, 3.05) is 23.7 Å². The van der Waals surface area contributed by atoms with Crippen LogP contribution in [-0.4, -0.2) is 47.1 Å². The highest BCUT2D eigenvalue weighted by molar-refractivity contribution is 7.21. The van der Waals surface area contributed by atoms with Crippen LogP contribution in [0, 0.1) is 24.1 Å². The van der Waals surface area contributed by atoms with E-state index in [0.29, 0.717) is 69.1 Å². The van der Waals surface area contributed by atoms with Crippen molar-refractivity contribution in [1.82, 2.24) is 20.6 Å². The number of halogens is 1. The molecule has 2 saturated heterocycles. The molecule has 1 aromatic carbocycles. The minimum absolute atomic E-state index is 0.246. The number of fused-ring (bicyclic) bond motifs is 4. The number of benzene rings is 1. The van der Waals surface area contributed by atoms with Crippen molar-refractivity contribution in [3.05, 3.63) is 45.3 Å². The van der Waals surface area contributed by atoms with E-state index in [1.165, 1.54) is 17.4 Å². The van der Waals surface area contributed by atoms with Crippen LogP contribution in [0.3, 0.4) is 0 Å². The fourth-order valence-corrected chi connectivity index (χ4v) is 6.77. The number of carbonyl (C=O) groups is 1. The first kappa shape index (κ1) is 22.2. The molecule has 3 aliphatic rings. The summed E-state index contributed by atoms with van der Waals surface area (Å²) in [6.45, 7) is 3.42. The summed E-state index contributed by atoms with van der Waals surface area (Å²) < 4.78 is 15.4. The SMILES string of the molecule is Cc1cnc2c(N)c(C(=O)NC3CCc4c(C#N)c(N5CC6CCC(C5)N6)cc(F)c4C3)sc2n1. The molecule has 0 radical (unpaired) electrons. The van der Waals surface area contributed by atoms with Crippen LogP contribution in [0.25, 0.3) is 10.3 Å². The third-order valence-electron chi connectivity index (χ3n) is 7.44. The van der Waals surface area contributed by atoms with E-state index < -0.39 is 0 Å². The van der Waals surface area contributed by atoms with Gasteiger partial charge in [0.1, 0.15) is 27.1 Å². The van der Waals surface area contributed by atoms with E-state index in [2.05, 4.69) is 31.6 Å². The molecule has 2 fully saturated rings. The Morgan fingerprint density at radius 2 is 2.09 bits per heavy atom. The lowest BCUT2D eigenvalue weighted by molar-refractivity contribution is 0.0938. The number of anilines is 2. The van der Waals surface area contributed by atoms with Crippen molar-refractivity contribution < 1.29 is 9.18 Å². The van der Waals surface area contributed by atoms with Crippen LogP contribution in [0.15, 0.2) is 12.3 Å². The Balaban J connectivity index is 1.24. The number of aryl methyl sites for hydroxylation is 1. The average Bonchev–Trinajstić information content (AvgIpc) is 3.36. The highest BCUT2D eigenvalue weighted by atomic mass is 32.1. The molecule has 8 nitrogen and oxygen atoms in total. The van der Waals surface area contributed by atoms with E-state index >= 15 is 4.39 Å². The van der Waals surface area contributed by atoms with E-state index in [1.54, 1.807) is 6.20 Å². The number of nitriles is 1. The van der Waals surface area contributed by atoms with Crippen LogP contribution in [0.2, 0.25) is 0 Å². The van der Waals surface area contributed by atoms with Gasteiger partial charge in [-0.05, 0) is 56.2 Å². The molecule has 10 heteroatoms. The Kier molecular flexibility index (Phi) is 5.34. The monoisotopic (exact) mass is 491 g/mol. The van der Waals surface area contributed by atoms with Crippen LogP contribution >= 0.6 is 11.3 Å². The van der Waals surface area contributed by atoms with Crippen molar-refractivity contribution in [1.29, 1.82) is 5.26 Å². The molecule has 2 bridgehead atoms. The van der Waals surface area contributed by atoms with E-state index in [4.69, 9.17) is 5.73 Å². The highest BCUT2D eigenvalue weighted by Gasteiger charge is 2.35. The Morgan fingerprint density at radius 3 is 2.83 bits per heavy atom. The number of nitrogens with zero attached hydrogens (tertiary/aromatic N) is 4. The first-order valence-corrected chi connectivity index (χ1v) is 12.8. The normalized spacial score (nSPS) is 23.2. The molecule has 35 heavy (non-hydrogen) atoms. The fourth-order valence-electron chi connectivity index (χ4n) is 5.77. The zero-order valence-corrected chi connectivity index (χ0v) is 20.2. The molecule has 1 amide bonds. The number of aromatic nitrogens is 2. The molecule has 4 heterocycles. The number of rotatable bonds is 3. The number of nitrogens with one attached hydrogen (secondary N) is 2. The lowest BCUT2D eigenvalue weighted by atomic mass is 9.84. The topological polar surface area (TPSA) is 120 Å². The van der Waals surface area contributed by atoms with Gasteiger partial charge in [0.05, 0.1) is 22.6 Å². The summed E-state index contributed by atoms with van der Waals surface area (Å²) in [4.78, 5) is 24.9. The maximum absolute atomic E-state index is 15.4. The summed E-state index contributed by atoms with van der Waals surface area (Å²) in [6, 6.07) is 4.44. The van der Waals surface area contributed by atoms with Gasteiger partial charge >= 0.3 is 0 Å². The molecule has 0 spiro atoms. The quantitative estimate of drug-likeness (QED) is 0.515. The van der Waals surface area contributed by atoms with Gasteiger partial charge < -0.3 is 21.3 Å². The maximum Gasteiger partial charge on any atom is 0.263 e. The van der Waals surface area contributed by atoms with Gasteiger partial charge in [-0.1, -0.05) is 0 Å². The van der Waals surface area contributed by atoms with Crippen LogP contribution < -0.4 is 21.3 Å². The average molecular weight is 492 g/mol. The van der Waals surface area contributed by atoms with Crippen LogP contribution in [-0.2, 0) is 12.8 Å². The second-order valence-corrected chi connectivity index (χ2v) is 10.8. The van der Waals surface area contributed by atoms with Crippen LogP contribution in [0.5, 0.6) is 0 Å². The second-order valence-electron chi connectivity index (χ2n) is 9.79. The van der Waals surface area contributed by atoms with Gasteiger partial charge in [-0.3, -0.25) is 4.79 Å². The summed E-state index contributed by atoms with van der Waals surface area (Å²) in [7, 11) is 0. The van der Waals surface area contributed by atoms with E-state index in [9.17, 15) is 10.1 Å². The van der Waals surface area contributed by atoms with Gasteiger partial charge in [-0.25, -0.2) is 14.4 Å². The molecule has 3 atom stereocenters. The molecular weight excluding hydrogens is 465 g/mol. The third-order valence-corrected chi connectivity index (χ3v) is 8.52. The van der Waals surface area contributed by atoms with Crippen molar-refractivity contribution in [3.8, 4) is 6.07 Å². The molecule has 3 aromatic rings. The van der Waals surface area contributed by atoms with Crippen molar-refractivity contribution in [3.63, 3.8) is 0 Å². The number of nitrogen functional groups attached to an aromatic ring is 1. The Morgan fingerprint density at radius 1 is 1.31 bits per heavy atom. The minimum Gasteiger partial charge on any atom is -0.396 e. The van der Waals surface area contributed by atoms with E-state index in [1.807, 2.05) is 6.92 Å². The van der Waals surface area contributed by atoms with Crippen molar-refractivity contribution in [2.24, 2.45) is 0 Å². The third kappa shape index (κ3) is 3.79. The number of hydrogen-bond acceptors (Lipinski definition) is 8. The molecular formula is C25H26FN7OS. The van der Waals surface area contributed by atoms with Gasteiger partial charge in [0, 0.05) is 37.4 Å². The first-order chi connectivity index (χ1) is 16.9. The maximum atomic E-state index is 15.4. The molecule has 0 saturated carbocycles. The second kappa shape index (κ2) is 8.43. The van der Waals surface area contributed by atoms with Gasteiger partial charge in [-0.15, -0.1) is 11.3 Å².